The Morgan fingerprint density at radius 3 is 1.17 bits per heavy atom. The predicted molar refractivity (Wildman–Crippen MR) is 129 cm³/mol. The van der Waals surface area contributed by atoms with Gasteiger partial charge in [0.25, 0.3) is 0 Å². The number of likely N-dealkylation sites (N-methyl/N-ethyl adjacent to an activating group) is 1. The SMILES string of the molecule is CCCCCCCCCCCCCCCCCCC[N+](C)(C)C(CC)(CC)C(=O)[O-]. The number of unbranched alkanes of at least 4 members (excludes halogenated alkanes) is 16. The number of hydrogen-bond donors (Lipinski definition) is 0. The van der Waals surface area contributed by atoms with Gasteiger partial charge in [-0.3, -0.25) is 0 Å². The number of quaternary nitrogens is 1. The highest BCUT2D eigenvalue weighted by Gasteiger charge is 2.43. The Kier molecular flexibility index (Phi) is 17.7. The van der Waals surface area contributed by atoms with Crippen molar-refractivity contribution in [3.8, 4) is 0 Å². The Hall–Kier alpha value is -0.570. The van der Waals surface area contributed by atoms with Crippen molar-refractivity contribution in [1.29, 1.82) is 0 Å². The van der Waals surface area contributed by atoms with Crippen molar-refractivity contribution in [2.75, 3.05) is 20.6 Å². The van der Waals surface area contributed by atoms with E-state index in [2.05, 4.69) is 21.0 Å². The van der Waals surface area contributed by atoms with Crippen LogP contribution in [0.25, 0.3) is 0 Å². The molecule has 0 atom stereocenters. The molecule has 0 amide bonds. The fraction of sp³-hybridized carbons (Fsp3) is 0.963. The van der Waals surface area contributed by atoms with Crippen molar-refractivity contribution in [3.63, 3.8) is 0 Å². The van der Waals surface area contributed by atoms with Crippen LogP contribution in [-0.4, -0.2) is 36.6 Å². The number of carbonyl (C=O) groups excluding carboxylic acids is 1. The molecule has 0 rings (SSSR count). The zero-order chi connectivity index (χ0) is 22.7. The molecule has 0 aromatic heterocycles. The third-order valence-corrected chi connectivity index (χ3v) is 7.53. The number of nitrogens with zero attached hydrogens (tertiary/aromatic N) is 1. The molecule has 3 nitrogen and oxygen atoms in total. The molecule has 0 fully saturated rings. The van der Waals surface area contributed by atoms with Crippen LogP contribution < -0.4 is 5.11 Å². The van der Waals surface area contributed by atoms with Crippen molar-refractivity contribution < 1.29 is 14.4 Å². The molecule has 0 aromatic rings. The molecule has 0 spiro atoms. The Morgan fingerprint density at radius 2 is 0.900 bits per heavy atom. The second kappa shape index (κ2) is 18.0. The van der Waals surface area contributed by atoms with E-state index in [-0.39, 0.29) is 0 Å². The van der Waals surface area contributed by atoms with Crippen molar-refractivity contribution in [3.05, 3.63) is 0 Å². The van der Waals surface area contributed by atoms with E-state index in [1.807, 2.05) is 13.8 Å². The molecular weight excluding hydrogens is 370 g/mol. The van der Waals surface area contributed by atoms with Gasteiger partial charge in [0.1, 0.15) is 11.5 Å². The minimum atomic E-state index is -0.885. The van der Waals surface area contributed by atoms with E-state index in [1.54, 1.807) is 0 Å². The van der Waals surface area contributed by atoms with Crippen LogP contribution in [-0.2, 0) is 4.79 Å². The van der Waals surface area contributed by atoms with E-state index in [0.29, 0.717) is 17.3 Å². The summed E-state index contributed by atoms with van der Waals surface area (Å²) in [6, 6.07) is 0. The van der Waals surface area contributed by atoms with Gasteiger partial charge < -0.3 is 14.4 Å². The normalized spacial score (nSPS) is 12.4. The number of hydrogen-bond acceptors (Lipinski definition) is 2. The Bertz CT molecular complexity index is 402. The minimum Gasteiger partial charge on any atom is -0.544 e. The summed E-state index contributed by atoms with van der Waals surface area (Å²) in [6.45, 7) is 7.17. The van der Waals surface area contributed by atoms with Gasteiger partial charge in [-0.05, 0) is 12.8 Å². The van der Waals surface area contributed by atoms with Gasteiger partial charge in [0, 0.05) is 12.8 Å². The van der Waals surface area contributed by atoms with Crippen molar-refractivity contribution in [2.24, 2.45) is 0 Å². The van der Waals surface area contributed by atoms with Crippen LogP contribution in [0, 0.1) is 0 Å². The second-order valence-electron chi connectivity index (χ2n) is 10.1. The Morgan fingerprint density at radius 1 is 0.600 bits per heavy atom. The van der Waals surface area contributed by atoms with Gasteiger partial charge in [0.15, 0.2) is 0 Å². The summed E-state index contributed by atoms with van der Waals surface area (Å²) >= 11 is 0. The maximum absolute atomic E-state index is 11.8. The monoisotopic (exact) mass is 425 g/mol. The van der Waals surface area contributed by atoms with Crippen molar-refractivity contribution in [1.82, 2.24) is 0 Å². The zero-order valence-electron chi connectivity index (χ0n) is 21.4. The van der Waals surface area contributed by atoms with Gasteiger partial charge in [0.05, 0.1) is 20.6 Å². The molecule has 180 valence electrons. The first-order valence-electron chi connectivity index (χ1n) is 13.4. The molecule has 0 aromatic carbocycles. The van der Waals surface area contributed by atoms with Crippen LogP contribution in [0.3, 0.4) is 0 Å². The molecule has 0 saturated heterocycles. The maximum atomic E-state index is 11.8. The average molecular weight is 426 g/mol. The molecule has 0 aliphatic carbocycles. The summed E-state index contributed by atoms with van der Waals surface area (Å²) in [6.07, 6.45) is 24.6. The van der Waals surface area contributed by atoms with Crippen LogP contribution in [0.2, 0.25) is 0 Å². The smallest absolute Gasteiger partial charge is 0.138 e. The fourth-order valence-electron chi connectivity index (χ4n) is 5.09. The second-order valence-corrected chi connectivity index (χ2v) is 10.1. The molecule has 0 N–H and O–H groups in total. The molecule has 0 aliphatic rings. The van der Waals surface area contributed by atoms with E-state index >= 15 is 0 Å². The van der Waals surface area contributed by atoms with E-state index in [4.69, 9.17) is 0 Å². The van der Waals surface area contributed by atoms with Gasteiger partial charge >= 0.3 is 0 Å². The maximum Gasteiger partial charge on any atom is 0.138 e. The largest absolute Gasteiger partial charge is 0.544 e. The molecule has 0 radical (unpaired) electrons. The molecule has 0 heterocycles. The first kappa shape index (κ1) is 29.4. The lowest BCUT2D eigenvalue weighted by Gasteiger charge is -2.49. The summed E-state index contributed by atoms with van der Waals surface area (Å²) < 4.78 is 0.543. The summed E-state index contributed by atoms with van der Waals surface area (Å²) in [7, 11) is 4.13. The summed E-state index contributed by atoms with van der Waals surface area (Å²) in [4.78, 5) is 11.8. The average Bonchev–Trinajstić information content (AvgIpc) is 2.71. The topological polar surface area (TPSA) is 40.1 Å². The van der Waals surface area contributed by atoms with Crippen LogP contribution in [0.1, 0.15) is 143 Å². The van der Waals surface area contributed by atoms with Crippen LogP contribution in [0.15, 0.2) is 0 Å². The van der Waals surface area contributed by atoms with E-state index in [1.165, 1.54) is 103 Å². The molecule has 3 heteroatoms. The Balaban J connectivity index is 3.57. The summed E-state index contributed by atoms with van der Waals surface area (Å²) in [5.74, 6) is -0.885. The van der Waals surface area contributed by atoms with Gasteiger partial charge in [-0.2, -0.15) is 0 Å². The standard InChI is InChI=1S/C27H55NO2/c1-6-9-10-11-12-13-14-15-16-17-18-19-20-21-22-23-24-25-28(4,5)27(7-2,8-3)26(29)30/h6-25H2,1-5H3. The highest BCUT2D eigenvalue weighted by Crippen LogP contribution is 2.29. The molecular formula is C27H55NO2. The van der Waals surface area contributed by atoms with Crippen LogP contribution >= 0.6 is 0 Å². The fourth-order valence-corrected chi connectivity index (χ4v) is 5.09. The van der Waals surface area contributed by atoms with Crippen molar-refractivity contribution >= 4 is 5.97 Å². The van der Waals surface area contributed by atoms with E-state index in [9.17, 15) is 9.90 Å². The number of carbonyl (C=O) groups is 1. The highest BCUT2D eigenvalue weighted by molar-refractivity contribution is 5.75. The minimum absolute atomic E-state index is 0.543. The molecule has 0 aliphatic heterocycles. The van der Waals surface area contributed by atoms with E-state index in [0.717, 1.165) is 13.0 Å². The third kappa shape index (κ3) is 11.7. The molecule has 30 heavy (non-hydrogen) atoms. The van der Waals surface area contributed by atoms with Crippen LogP contribution in [0.5, 0.6) is 0 Å². The van der Waals surface area contributed by atoms with Gasteiger partial charge in [-0.25, -0.2) is 0 Å². The summed E-state index contributed by atoms with van der Waals surface area (Å²) in [5, 5.41) is 11.8. The Labute approximate surface area is 189 Å². The lowest BCUT2D eigenvalue weighted by molar-refractivity contribution is -0.935. The molecule has 0 saturated carbocycles. The first-order chi connectivity index (χ1) is 14.4. The highest BCUT2D eigenvalue weighted by atomic mass is 16.4. The lowest BCUT2D eigenvalue weighted by atomic mass is 9.88. The van der Waals surface area contributed by atoms with Crippen LogP contribution in [0.4, 0.5) is 0 Å². The number of carboxylic acid groups (broad SMARTS) is 1. The van der Waals surface area contributed by atoms with Gasteiger partial charge in [0.2, 0.25) is 0 Å². The van der Waals surface area contributed by atoms with Crippen molar-refractivity contribution in [2.45, 2.75) is 148 Å². The van der Waals surface area contributed by atoms with Gasteiger partial charge in [-0.15, -0.1) is 0 Å². The number of rotatable bonds is 22. The van der Waals surface area contributed by atoms with E-state index < -0.39 is 11.5 Å². The number of carboxylic acids is 1. The molecule has 0 unspecified atom stereocenters. The summed E-state index contributed by atoms with van der Waals surface area (Å²) in [5.41, 5.74) is -0.741. The molecule has 0 bridgehead atoms. The predicted octanol–water partition coefficient (Wildman–Crippen LogP) is 7.02. The zero-order valence-corrected chi connectivity index (χ0v) is 21.4. The van der Waals surface area contributed by atoms with Gasteiger partial charge in [-0.1, -0.05) is 117 Å². The number of aliphatic carboxylic acids is 1. The first-order valence-corrected chi connectivity index (χ1v) is 13.4. The quantitative estimate of drug-likeness (QED) is 0.138. The lowest BCUT2D eigenvalue weighted by Crippen LogP contribution is -2.67. The third-order valence-electron chi connectivity index (χ3n) is 7.53.